The number of amides is 1. The van der Waals surface area contributed by atoms with Gasteiger partial charge < -0.3 is 9.88 Å². The molecule has 0 unspecified atom stereocenters. The van der Waals surface area contributed by atoms with Crippen molar-refractivity contribution in [1.29, 1.82) is 0 Å². The van der Waals surface area contributed by atoms with Crippen molar-refractivity contribution in [2.75, 3.05) is 5.32 Å². The van der Waals surface area contributed by atoms with Gasteiger partial charge in [0.1, 0.15) is 5.52 Å². The summed E-state index contributed by atoms with van der Waals surface area (Å²) in [6, 6.07) is 16.7. The van der Waals surface area contributed by atoms with Crippen LogP contribution >= 0.6 is 0 Å². The number of benzene rings is 2. The normalized spacial score (nSPS) is 10.9. The van der Waals surface area contributed by atoms with Gasteiger partial charge in [0.15, 0.2) is 11.2 Å². The molecule has 0 saturated carbocycles. The van der Waals surface area contributed by atoms with Gasteiger partial charge in [0.05, 0.1) is 12.0 Å². The second-order valence-corrected chi connectivity index (χ2v) is 6.28. The molecule has 2 aromatic heterocycles. The SMILES string of the molecule is Cc1cccc(NC(=O)c2nn(-c3ccccc3)c3c(=O)n(C)cnc23)c1. The second kappa shape index (κ2) is 6.53. The molecule has 1 amide bonds. The lowest BCUT2D eigenvalue weighted by Gasteiger charge is -2.04. The Balaban J connectivity index is 1.88. The van der Waals surface area contributed by atoms with E-state index >= 15 is 0 Å². The fraction of sp³-hybridized carbons (Fsp3) is 0.100. The number of fused-ring (bicyclic) bond motifs is 1. The molecule has 0 bridgehead atoms. The minimum absolute atomic E-state index is 0.105. The monoisotopic (exact) mass is 359 g/mol. The number of nitrogens with zero attached hydrogens (tertiary/aromatic N) is 4. The summed E-state index contributed by atoms with van der Waals surface area (Å²) in [5, 5.41) is 7.24. The second-order valence-electron chi connectivity index (χ2n) is 6.28. The highest BCUT2D eigenvalue weighted by Gasteiger charge is 2.22. The molecule has 1 N–H and O–H groups in total. The van der Waals surface area contributed by atoms with E-state index in [9.17, 15) is 9.59 Å². The summed E-state index contributed by atoms with van der Waals surface area (Å²) < 4.78 is 2.83. The van der Waals surface area contributed by atoms with Crippen molar-refractivity contribution in [3.63, 3.8) is 0 Å². The molecule has 134 valence electrons. The number of para-hydroxylation sites is 1. The highest BCUT2D eigenvalue weighted by Crippen LogP contribution is 2.19. The van der Waals surface area contributed by atoms with Gasteiger partial charge in [-0.1, -0.05) is 30.3 Å². The van der Waals surface area contributed by atoms with Crippen LogP contribution in [0.25, 0.3) is 16.7 Å². The smallest absolute Gasteiger partial charge is 0.279 e. The average molecular weight is 359 g/mol. The molecule has 27 heavy (non-hydrogen) atoms. The number of carbonyl (C=O) groups excluding carboxylic acids is 1. The molecule has 0 aliphatic rings. The minimum atomic E-state index is -0.416. The molecule has 4 rings (SSSR count). The molecule has 0 spiro atoms. The van der Waals surface area contributed by atoms with Gasteiger partial charge in [0.25, 0.3) is 11.5 Å². The van der Waals surface area contributed by atoms with Crippen LogP contribution in [0.2, 0.25) is 0 Å². The van der Waals surface area contributed by atoms with Crippen molar-refractivity contribution in [2.45, 2.75) is 6.92 Å². The molecule has 0 aliphatic carbocycles. The van der Waals surface area contributed by atoms with Crippen LogP contribution in [-0.4, -0.2) is 25.2 Å². The topological polar surface area (TPSA) is 81.8 Å². The summed E-state index contributed by atoms with van der Waals surface area (Å²) in [4.78, 5) is 29.8. The van der Waals surface area contributed by atoms with Gasteiger partial charge in [-0.25, -0.2) is 9.67 Å². The molecule has 0 saturated heterocycles. The van der Waals surface area contributed by atoms with Crippen molar-refractivity contribution in [1.82, 2.24) is 19.3 Å². The van der Waals surface area contributed by atoms with Crippen LogP contribution in [0.3, 0.4) is 0 Å². The Morgan fingerprint density at radius 3 is 2.59 bits per heavy atom. The first kappa shape index (κ1) is 16.7. The zero-order chi connectivity index (χ0) is 19.0. The minimum Gasteiger partial charge on any atom is -0.321 e. The Morgan fingerprint density at radius 2 is 1.85 bits per heavy atom. The van der Waals surface area contributed by atoms with Gasteiger partial charge in [0, 0.05) is 12.7 Å². The lowest BCUT2D eigenvalue weighted by molar-refractivity contribution is 0.102. The number of hydrogen-bond acceptors (Lipinski definition) is 4. The van der Waals surface area contributed by atoms with Crippen molar-refractivity contribution in [2.24, 2.45) is 7.05 Å². The summed E-state index contributed by atoms with van der Waals surface area (Å²) in [5.74, 6) is -0.416. The predicted molar refractivity (Wildman–Crippen MR) is 103 cm³/mol. The molecule has 2 heterocycles. The summed E-state index contributed by atoms with van der Waals surface area (Å²) in [6.45, 7) is 1.94. The zero-order valence-corrected chi connectivity index (χ0v) is 14.9. The Hall–Kier alpha value is -3.74. The Bertz CT molecular complexity index is 1210. The summed E-state index contributed by atoms with van der Waals surface area (Å²) in [5.41, 5.74) is 2.74. The van der Waals surface area contributed by atoms with Crippen LogP contribution in [0, 0.1) is 6.92 Å². The van der Waals surface area contributed by atoms with Gasteiger partial charge >= 0.3 is 0 Å². The van der Waals surface area contributed by atoms with E-state index in [1.807, 2.05) is 55.5 Å². The third-order valence-corrected chi connectivity index (χ3v) is 4.24. The maximum absolute atomic E-state index is 12.8. The van der Waals surface area contributed by atoms with Gasteiger partial charge in [0.2, 0.25) is 0 Å². The van der Waals surface area contributed by atoms with Gasteiger partial charge in [-0.05, 0) is 36.8 Å². The molecule has 7 heteroatoms. The van der Waals surface area contributed by atoms with Gasteiger partial charge in [-0.15, -0.1) is 0 Å². The van der Waals surface area contributed by atoms with Crippen LogP contribution in [0.1, 0.15) is 16.1 Å². The highest BCUT2D eigenvalue weighted by molar-refractivity contribution is 6.10. The highest BCUT2D eigenvalue weighted by atomic mass is 16.2. The van der Waals surface area contributed by atoms with Crippen LogP contribution in [0.5, 0.6) is 0 Å². The molecule has 0 fully saturated rings. The molecular formula is C20H17N5O2. The van der Waals surface area contributed by atoms with E-state index in [1.165, 1.54) is 15.6 Å². The van der Waals surface area contributed by atoms with Crippen molar-refractivity contribution in [3.05, 3.63) is 82.5 Å². The van der Waals surface area contributed by atoms with E-state index in [2.05, 4.69) is 15.4 Å². The predicted octanol–water partition coefficient (Wildman–Crippen LogP) is 2.68. The van der Waals surface area contributed by atoms with Crippen LogP contribution < -0.4 is 10.9 Å². The zero-order valence-electron chi connectivity index (χ0n) is 14.9. The Labute approximate surface area is 154 Å². The third kappa shape index (κ3) is 2.99. The molecule has 0 radical (unpaired) electrons. The van der Waals surface area contributed by atoms with E-state index in [1.54, 1.807) is 13.1 Å². The molecule has 2 aromatic carbocycles. The standard InChI is InChI=1S/C20H17N5O2/c1-13-7-6-8-14(11-13)22-19(26)17-16-18(20(27)24(2)12-21-16)25(23-17)15-9-4-3-5-10-15/h3-12H,1-2H3,(H,22,26). The largest absolute Gasteiger partial charge is 0.321 e. The summed E-state index contributed by atoms with van der Waals surface area (Å²) >= 11 is 0. The van der Waals surface area contributed by atoms with Crippen LogP contribution in [-0.2, 0) is 7.05 Å². The number of aryl methyl sites for hydroxylation is 2. The third-order valence-electron chi connectivity index (χ3n) is 4.24. The summed E-state index contributed by atoms with van der Waals surface area (Å²) in [7, 11) is 1.61. The van der Waals surface area contributed by atoms with Crippen molar-refractivity contribution < 1.29 is 4.79 Å². The van der Waals surface area contributed by atoms with Crippen molar-refractivity contribution >= 4 is 22.6 Å². The van der Waals surface area contributed by atoms with E-state index < -0.39 is 5.91 Å². The number of hydrogen-bond donors (Lipinski definition) is 1. The van der Waals surface area contributed by atoms with E-state index in [4.69, 9.17) is 0 Å². The molecule has 7 nitrogen and oxygen atoms in total. The maximum atomic E-state index is 12.8. The number of aromatic nitrogens is 4. The number of carbonyl (C=O) groups is 1. The fourth-order valence-electron chi connectivity index (χ4n) is 2.91. The quantitative estimate of drug-likeness (QED) is 0.610. The Kier molecular flexibility index (Phi) is 4.04. The number of nitrogens with one attached hydrogen (secondary N) is 1. The van der Waals surface area contributed by atoms with E-state index in [0.717, 1.165) is 5.56 Å². The number of anilines is 1. The first-order valence-corrected chi connectivity index (χ1v) is 8.42. The average Bonchev–Trinajstić information content (AvgIpc) is 3.06. The first-order valence-electron chi connectivity index (χ1n) is 8.42. The summed E-state index contributed by atoms with van der Waals surface area (Å²) in [6.07, 6.45) is 1.39. The van der Waals surface area contributed by atoms with Gasteiger partial charge in [-0.2, -0.15) is 5.10 Å². The van der Waals surface area contributed by atoms with Crippen LogP contribution in [0.4, 0.5) is 5.69 Å². The van der Waals surface area contributed by atoms with E-state index in [-0.39, 0.29) is 22.3 Å². The van der Waals surface area contributed by atoms with Crippen molar-refractivity contribution in [3.8, 4) is 5.69 Å². The molecular weight excluding hydrogens is 342 g/mol. The number of rotatable bonds is 3. The molecule has 0 aliphatic heterocycles. The molecule has 0 atom stereocenters. The van der Waals surface area contributed by atoms with Crippen LogP contribution in [0.15, 0.2) is 65.7 Å². The maximum Gasteiger partial charge on any atom is 0.279 e. The Morgan fingerprint density at radius 1 is 1.07 bits per heavy atom. The lowest BCUT2D eigenvalue weighted by atomic mass is 10.2. The fourth-order valence-corrected chi connectivity index (χ4v) is 2.91. The molecule has 4 aromatic rings. The first-order chi connectivity index (χ1) is 13.0. The lowest BCUT2D eigenvalue weighted by Crippen LogP contribution is -2.19. The van der Waals surface area contributed by atoms with Gasteiger partial charge in [-0.3, -0.25) is 9.59 Å². The van der Waals surface area contributed by atoms with E-state index in [0.29, 0.717) is 11.4 Å².